The molecule has 0 atom stereocenters. The summed E-state index contributed by atoms with van der Waals surface area (Å²) in [6, 6.07) is 10.5. The minimum absolute atomic E-state index is 0.205. The van der Waals surface area contributed by atoms with Crippen LogP contribution in [0.3, 0.4) is 0 Å². The zero-order valence-electron chi connectivity index (χ0n) is 13.9. The van der Waals surface area contributed by atoms with Gasteiger partial charge in [0.2, 0.25) is 0 Å². The summed E-state index contributed by atoms with van der Waals surface area (Å²) in [7, 11) is -4.19. The number of aryl methyl sites for hydroxylation is 1. The molecule has 2 aromatic carbocycles. The summed E-state index contributed by atoms with van der Waals surface area (Å²) >= 11 is 0. The molecule has 0 fully saturated rings. The van der Waals surface area contributed by atoms with E-state index in [1.165, 1.54) is 0 Å². The van der Waals surface area contributed by atoms with Gasteiger partial charge in [0, 0.05) is 11.4 Å². The first-order valence-electron chi connectivity index (χ1n) is 7.53. The average molecular weight is 351 g/mol. The molecular weight excluding hydrogens is 329 g/mol. The minimum atomic E-state index is -4.19. The molecule has 0 aliphatic heterocycles. The lowest BCUT2D eigenvalue weighted by molar-refractivity contribution is 0.300. The Morgan fingerprint density at radius 2 is 1.88 bits per heavy atom. The molecule has 24 heavy (non-hydrogen) atoms. The van der Waals surface area contributed by atoms with Gasteiger partial charge in [-0.3, -0.25) is 4.57 Å². The zero-order valence-corrected chi connectivity index (χ0v) is 14.7. The molecule has 0 saturated carbocycles. The van der Waals surface area contributed by atoms with Crippen LogP contribution in [0, 0.1) is 6.92 Å². The van der Waals surface area contributed by atoms with Gasteiger partial charge in [-0.1, -0.05) is 13.8 Å². The fraction of sp³-hybridized carbons (Fsp3) is 0.294. The lowest BCUT2D eigenvalue weighted by atomic mass is 10.0. The Balaban J connectivity index is 2.16. The van der Waals surface area contributed by atoms with Crippen molar-refractivity contribution in [3.8, 4) is 11.5 Å². The van der Waals surface area contributed by atoms with Crippen molar-refractivity contribution in [2.75, 3.05) is 11.7 Å². The molecule has 2 aromatic rings. The van der Waals surface area contributed by atoms with Gasteiger partial charge in [0.1, 0.15) is 11.5 Å². The summed E-state index contributed by atoms with van der Waals surface area (Å²) in [5.41, 5.74) is 3.43. The van der Waals surface area contributed by atoms with Gasteiger partial charge in [-0.2, -0.15) is 0 Å². The predicted octanol–water partition coefficient (Wildman–Crippen LogP) is 4.08. The van der Waals surface area contributed by atoms with Crippen molar-refractivity contribution in [1.82, 2.24) is 0 Å². The minimum Gasteiger partial charge on any atom is -0.508 e. The van der Waals surface area contributed by atoms with E-state index in [4.69, 9.17) is 14.5 Å². The number of benzene rings is 2. The molecular formula is C17H22NO5P. The zero-order chi connectivity index (χ0) is 17.9. The number of phenols is 1. The van der Waals surface area contributed by atoms with Crippen molar-refractivity contribution in [2.24, 2.45) is 0 Å². The van der Waals surface area contributed by atoms with Gasteiger partial charge in [0.25, 0.3) is 0 Å². The van der Waals surface area contributed by atoms with Crippen molar-refractivity contribution < 1.29 is 24.2 Å². The topological polar surface area (TPSA) is 99.0 Å². The van der Waals surface area contributed by atoms with E-state index in [0.717, 1.165) is 22.5 Å². The van der Waals surface area contributed by atoms with Crippen LogP contribution in [-0.4, -0.2) is 21.2 Å². The van der Waals surface area contributed by atoms with E-state index in [-0.39, 0.29) is 11.7 Å². The third kappa shape index (κ3) is 4.99. The van der Waals surface area contributed by atoms with Crippen LogP contribution >= 0.6 is 7.60 Å². The Labute approximate surface area is 141 Å². The molecule has 0 aliphatic carbocycles. The lowest BCUT2D eigenvalue weighted by Crippen LogP contribution is -2.00. The van der Waals surface area contributed by atoms with E-state index >= 15 is 0 Å². The van der Waals surface area contributed by atoms with Crippen LogP contribution in [0.2, 0.25) is 0 Å². The monoisotopic (exact) mass is 351 g/mol. The van der Waals surface area contributed by atoms with E-state index < -0.39 is 13.9 Å². The molecule has 0 unspecified atom stereocenters. The summed E-state index contributed by atoms with van der Waals surface area (Å²) < 4.78 is 15.9. The summed E-state index contributed by atoms with van der Waals surface area (Å²) in [6.07, 6.45) is -0.644. The van der Waals surface area contributed by atoms with Crippen LogP contribution in [0.5, 0.6) is 11.5 Å². The fourth-order valence-corrected chi connectivity index (χ4v) is 2.59. The molecule has 7 heteroatoms. The maximum absolute atomic E-state index is 10.8. The van der Waals surface area contributed by atoms with Gasteiger partial charge in [0.15, 0.2) is 6.35 Å². The number of hydrogen-bond acceptors (Lipinski definition) is 4. The highest BCUT2D eigenvalue weighted by Gasteiger charge is 2.14. The molecule has 2 rings (SSSR count). The number of aromatic hydroxyl groups is 1. The summed E-state index contributed by atoms with van der Waals surface area (Å²) in [5, 5.41) is 13.2. The van der Waals surface area contributed by atoms with E-state index in [1.807, 2.05) is 26.8 Å². The lowest BCUT2D eigenvalue weighted by Gasteiger charge is -2.15. The smallest absolute Gasteiger partial charge is 0.362 e. The van der Waals surface area contributed by atoms with Gasteiger partial charge < -0.3 is 24.9 Å². The Morgan fingerprint density at radius 3 is 2.46 bits per heavy atom. The summed E-state index contributed by atoms with van der Waals surface area (Å²) in [6.45, 7) is 5.89. The van der Waals surface area contributed by atoms with Gasteiger partial charge in [0.05, 0.1) is 0 Å². The van der Waals surface area contributed by atoms with Gasteiger partial charge in [-0.05, 0) is 60.4 Å². The Hall–Kier alpha value is -2.01. The largest absolute Gasteiger partial charge is 0.508 e. The van der Waals surface area contributed by atoms with Crippen molar-refractivity contribution >= 4 is 19.0 Å². The third-order valence-electron chi connectivity index (χ3n) is 3.53. The normalized spacial score (nSPS) is 11.6. The van der Waals surface area contributed by atoms with Gasteiger partial charge in [-0.15, -0.1) is 0 Å². The van der Waals surface area contributed by atoms with E-state index in [9.17, 15) is 9.67 Å². The number of ether oxygens (including phenoxy) is 1. The molecule has 0 aromatic heterocycles. The van der Waals surface area contributed by atoms with Crippen molar-refractivity contribution in [3.05, 3.63) is 47.5 Å². The van der Waals surface area contributed by atoms with Crippen molar-refractivity contribution in [1.29, 1.82) is 0 Å². The number of nitrogens with one attached hydrogen (secondary N) is 1. The summed E-state index contributed by atoms with van der Waals surface area (Å²) in [5.74, 6) is 0.875. The maximum atomic E-state index is 10.8. The highest BCUT2D eigenvalue weighted by atomic mass is 31.2. The van der Waals surface area contributed by atoms with E-state index in [0.29, 0.717) is 5.75 Å². The Kier molecular flexibility index (Phi) is 5.54. The first-order valence-corrected chi connectivity index (χ1v) is 9.33. The molecule has 4 N–H and O–H groups in total. The van der Waals surface area contributed by atoms with E-state index in [1.54, 1.807) is 30.3 Å². The fourth-order valence-electron chi connectivity index (χ4n) is 2.28. The van der Waals surface area contributed by atoms with Crippen LogP contribution < -0.4 is 10.1 Å². The molecule has 130 valence electrons. The Morgan fingerprint density at radius 1 is 1.17 bits per heavy atom. The van der Waals surface area contributed by atoms with Crippen molar-refractivity contribution in [2.45, 2.75) is 26.7 Å². The molecule has 6 nitrogen and oxygen atoms in total. The van der Waals surface area contributed by atoms with Crippen LogP contribution in [0.1, 0.15) is 30.9 Å². The predicted molar refractivity (Wildman–Crippen MR) is 94.2 cm³/mol. The Bertz CT molecular complexity index is 770. The molecule has 0 amide bonds. The average Bonchev–Trinajstić information content (AvgIpc) is 2.48. The molecule has 0 saturated heterocycles. The highest BCUT2D eigenvalue weighted by molar-refractivity contribution is 7.51. The number of rotatable bonds is 6. The molecule has 0 bridgehead atoms. The van der Waals surface area contributed by atoms with Gasteiger partial charge in [-0.25, -0.2) is 0 Å². The SMILES string of the molecule is Cc1cc(OCP(=O)(O)O)ccc1Nc1ccc(O)c(C(C)C)c1. The highest BCUT2D eigenvalue weighted by Crippen LogP contribution is 2.35. The van der Waals surface area contributed by atoms with Crippen LogP contribution in [0.4, 0.5) is 11.4 Å². The quantitative estimate of drug-likeness (QED) is 0.462. The first-order chi connectivity index (χ1) is 11.2. The maximum Gasteiger partial charge on any atom is 0.362 e. The number of hydrogen-bond donors (Lipinski definition) is 4. The van der Waals surface area contributed by atoms with Crippen molar-refractivity contribution in [3.63, 3.8) is 0 Å². The van der Waals surface area contributed by atoms with Crippen LogP contribution in [0.25, 0.3) is 0 Å². The summed E-state index contributed by atoms with van der Waals surface area (Å²) in [4.78, 5) is 17.7. The van der Waals surface area contributed by atoms with E-state index in [2.05, 4.69) is 5.32 Å². The number of anilines is 2. The second kappa shape index (κ2) is 7.26. The van der Waals surface area contributed by atoms with Crippen LogP contribution in [-0.2, 0) is 4.57 Å². The second-order valence-electron chi connectivity index (χ2n) is 5.97. The first kappa shape index (κ1) is 18.3. The molecule has 0 aliphatic rings. The molecule has 0 spiro atoms. The second-order valence-corrected chi connectivity index (χ2v) is 7.56. The molecule has 0 heterocycles. The molecule has 0 radical (unpaired) electrons. The standard InChI is InChI=1S/C17H22NO5P/c1-11(2)15-9-13(4-7-17(15)19)18-16-6-5-14(8-12(16)3)23-10-24(20,21)22/h4-9,11,18-19H,10H2,1-3H3,(H2,20,21,22). The number of phenolic OH excluding ortho intramolecular Hbond substituents is 1. The third-order valence-corrected chi connectivity index (χ3v) is 3.99. The van der Waals surface area contributed by atoms with Gasteiger partial charge >= 0.3 is 7.60 Å². The van der Waals surface area contributed by atoms with Crippen LogP contribution in [0.15, 0.2) is 36.4 Å².